The molecule has 0 aliphatic heterocycles. The maximum absolute atomic E-state index is 6.41. The molecule has 0 unspecified atom stereocenters. The summed E-state index contributed by atoms with van der Waals surface area (Å²) in [5.74, 6) is 0. The summed E-state index contributed by atoms with van der Waals surface area (Å²) < 4.78 is 2.17. The van der Waals surface area contributed by atoms with Crippen LogP contribution in [0.1, 0.15) is 0 Å². The van der Waals surface area contributed by atoms with E-state index in [1.807, 2.05) is 24.3 Å². The van der Waals surface area contributed by atoms with Gasteiger partial charge in [-0.1, -0.05) is 59.6 Å². The van der Waals surface area contributed by atoms with Crippen molar-refractivity contribution in [1.82, 2.24) is 4.57 Å². The highest BCUT2D eigenvalue weighted by molar-refractivity contribution is 6.34. The quantitative estimate of drug-likeness (QED) is 0.401. The van der Waals surface area contributed by atoms with Crippen molar-refractivity contribution in [2.24, 2.45) is 0 Å². The third kappa shape index (κ3) is 1.93. The Labute approximate surface area is 132 Å². The average molecular weight is 312 g/mol. The second kappa shape index (κ2) is 4.80. The predicted octanol–water partition coefficient (Wildman–Crippen LogP) is 6.09. The summed E-state index contributed by atoms with van der Waals surface area (Å²) in [7, 11) is 0. The topological polar surface area (TPSA) is 4.93 Å². The minimum atomic E-state index is 0.677. The minimum absolute atomic E-state index is 0.677. The first-order valence-electron chi connectivity index (χ1n) is 6.69. The smallest absolute Gasteiger partial charge is 0.0663 e. The van der Waals surface area contributed by atoms with Crippen molar-refractivity contribution in [1.29, 1.82) is 0 Å². The molecule has 1 nitrogen and oxygen atoms in total. The Morgan fingerprint density at radius 2 is 1.24 bits per heavy atom. The van der Waals surface area contributed by atoms with Gasteiger partial charge in [-0.05, 0) is 30.3 Å². The van der Waals surface area contributed by atoms with E-state index in [2.05, 4.69) is 41.0 Å². The number of halogens is 2. The van der Waals surface area contributed by atoms with Gasteiger partial charge < -0.3 is 4.57 Å². The molecule has 0 aliphatic rings. The lowest BCUT2D eigenvalue weighted by Crippen LogP contribution is -1.94. The van der Waals surface area contributed by atoms with Crippen LogP contribution in [0, 0.1) is 0 Å². The molecule has 0 fully saturated rings. The molecule has 0 amide bonds. The second-order valence-electron chi connectivity index (χ2n) is 4.97. The molecular weight excluding hydrogens is 301 g/mol. The molecule has 102 valence electrons. The monoisotopic (exact) mass is 311 g/mol. The summed E-state index contributed by atoms with van der Waals surface area (Å²) in [6, 6.07) is 22.2. The van der Waals surface area contributed by atoms with E-state index < -0.39 is 0 Å². The molecule has 4 aromatic rings. The van der Waals surface area contributed by atoms with E-state index in [4.69, 9.17) is 23.2 Å². The maximum atomic E-state index is 6.41. The molecular formula is C18H11Cl2N. The zero-order chi connectivity index (χ0) is 14.4. The van der Waals surface area contributed by atoms with Crippen LogP contribution in [0.5, 0.6) is 0 Å². The Morgan fingerprint density at radius 3 is 1.86 bits per heavy atom. The van der Waals surface area contributed by atoms with Crippen LogP contribution in [0.4, 0.5) is 0 Å². The summed E-state index contributed by atoms with van der Waals surface area (Å²) in [6.45, 7) is 0. The van der Waals surface area contributed by atoms with Gasteiger partial charge in [0.15, 0.2) is 0 Å². The Morgan fingerprint density at radius 1 is 0.667 bits per heavy atom. The number of rotatable bonds is 1. The fourth-order valence-electron chi connectivity index (χ4n) is 2.84. The average Bonchev–Trinajstić information content (AvgIpc) is 2.84. The van der Waals surface area contributed by atoms with E-state index in [9.17, 15) is 0 Å². The number of benzene rings is 3. The van der Waals surface area contributed by atoms with E-state index in [0.29, 0.717) is 10.0 Å². The van der Waals surface area contributed by atoms with Crippen LogP contribution in [0.25, 0.3) is 27.5 Å². The molecule has 21 heavy (non-hydrogen) atoms. The van der Waals surface area contributed by atoms with Gasteiger partial charge in [0, 0.05) is 15.8 Å². The van der Waals surface area contributed by atoms with Gasteiger partial charge in [0.2, 0.25) is 0 Å². The number of hydrogen-bond donors (Lipinski definition) is 0. The molecule has 0 saturated heterocycles. The number of fused-ring (bicyclic) bond motifs is 3. The molecule has 0 radical (unpaired) electrons. The maximum Gasteiger partial charge on any atom is 0.0663 e. The van der Waals surface area contributed by atoms with Gasteiger partial charge in [-0.3, -0.25) is 0 Å². The van der Waals surface area contributed by atoms with Crippen molar-refractivity contribution < 1.29 is 0 Å². The van der Waals surface area contributed by atoms with Gasteiger partial charge in [-0.15, -0.1) is 0 Å². The molecule has 0 N–H and O–H groups in total. The first-order valence-corrected chi connectivity index (χ1v) is 7.45. The molecule has 1 heterocycles. The van der Waals surface area contributed by atoms with Gasteiger partial charge >= 0.3 is 0 Å². The van der Waals surface area contributed by atoms with Crippen molar-refractivity contribution in [2.75, 3.05) is 0 Å². The van der Waals surface area contributed by atoms with Gasteiger partial charge in [-0.25, -0.2) is 0 Å². The lowest BCUT2D eigenvalue weighted by atomic mass is 10.2. The Kier molecular flexibility index (Phi) is 2.91. The van der Waals surface area contributed by atoms with Crippen LogP contribution < -0.4 is 0 Å². The van der Waals surface area contributed by atoms with Crippen molar-refractivity contribution in [3.63, 3.8) is 0 Å². The Hall–Kier alpha value is -1.96. The number of hydrogen-bond acceptors (Lipinski definition) is 0. The standard InChI is InChI=1S/C18H11Cl2N/c19-12-9-10-15(20)18(11-12)21-16-7-3-1-5-13(16)14-6-2-4-8-17(14)21/h1-11H. The van der Waals surface area contributed by atoms with E-state index in [1.165, 1.54) is 10.8 Å². The van der Waals surface area contributed by atoms with E-state index >= 15 is 0 Å². The van der Waals surface area contributed by atoms with Gasteiger partial charge in [0.1, 0.15) is 0 Å². The number of aromatic nitrogens is 1. The highest BCUT2D eigenvalue weighted by Gasteiger charge is 2.13. The van der Waals surface area contributed by atoms with Crippen LogP contribution in [0.3, 0.4) is 0 Å². The van der Waals surface area contributed by atoms with Crippen LogP contribution in [0.2, 0.25) is 10.0 Å². The van der Waals surface area contributed by atoms with Crippen LogP contribution >= 0.6 is 23.2 Å². The molecule has 4 rings (SSSR count). The SMILES string of the molecule is Clc1ccc(Cl)c(-n2c3ccccc3c3ccccc32)c1. The third-order valence-corrected chi connectivity index (χ3v) is 4.28. The molecule has 0 spiro atoms. The van der Waals surface area contributed by atoms with Crippen molar-refractivity contribution in [3.8, 4) is 5.69 Å². The summed E-state index contributed by atoms with van der Waals surface area (Å²) in [5, 5.41) is 3.79. The first-order chi connectivity index (χ1) is 10.3. The summed E-state index contributed by atoms with van der Waals surface area (Å²) in [4.78, 5) is 0. The second-order valence-corrected chi connectivity index (χ2v) is 5.81. The summed E-state index contributed by atoms with van der Waals surface area (Å²) in [5.41, 5.74) is 3.16. The normalized spacial score (nSPS) is 11.3. The van der Waals surface area contributed by atoms with Gasteiger partial charge in [-0.2, -0.15) is 0 Å². The van der Waals surface area contributed by atoms with Crippen molar-refractivity contribution in [2.45, 2.75) is 0 Å². The third-order valence-electron chi connectivity index (χ3n) is 3.73. The lowest BCUT2D eigenvalue weighted by Gasteiger charge is -2.10. The molecule has 0 saturated carbocycles. The summed E-state index contributed by atoms with van der Waals surface area (Å²) in [6.07, 6.45) is 0. The first kappa shape index (κ1) is 12.8. The van der Waals surface area contributed by atoms with E-state index in [0.717, 1.165) is 16.7 Å². The van der Waals surface area contributed by atoms with Crippen LogP contribution in [-0.2, 0) is 0 Å². The van der Waals surface area contributed by atoms with E-state index in [1.54, 1.807) is 6.07 Å². The van der Waals surface area contributed by atoms with E-state index in [-0.39, 0.29) is 0 Å². The summed E-state index contributed by atoms with van der Waals surface area (Å²) >= 11 is 12.6. The van der Waals surface area contributed by atoms with Crippen molar-refractivity contribution in [3.05, 3.63) is 76.8 Å². The molecule has 0 aliphatic carbocycles. The predicted molar refractivity (Wildman–Crippen MR) is 90.8 cm³/mol. The van der Waals surface area contributed by atoms with Crippen molar-refractivity contribution >= 4 is 45.0 Å². The largest absolute Gasteiger partial charge is 0.308 e. The highest BCUT2D eigenvalue weighted by Crippen LogP contribution is 2.35. The molecule has 1 aromatic heterocycles. The zero-order valence-corrected chi connectivity index (χ0v) is 12.6. The van der Waals surface area contributed by atoms with Gasteiger partial charge in [0.05, 0.1) is 21.7 Å². The molecule has 3 aromatic carbocycles. The molecule has 0 atom stereocenters. The van der Waals surface area contributed by atoms with Gasteiger partial charge in [0.25, 0.3) is 0 Å². The Balaban J connectivity index is 2.23. The highest BCUT2D eigenvalue weighted by atomic mass is 35.5. The lowest BCUT2D eigenvalue weighted by molar-refractivity contribution is 1.18. The minimum Gasteiger partial charge on any atom is -0.308 e. The fraction of sp³-hybridized carbons (Fsp3) is 0. The van der Waals surface area contributed by atoms with Crippen LogP contribution in [0.15, 0.2) is 66.7 Å². The zero-order valence-electron chi connectivity index (χ0n) is 11.1. The number of nitrogens with zero attached hydrogens (tertiary/aromatic N) is 1. The van der Waals surface area contributed by atoms with Crippen LogP contribution in [-0.4, -0.2) is 4.57 Å². The number of para-hydroxylation sites is 2. The fourth-order valence-corrected chi connectivity index (χ4v) is 3.21. The molecule has 0 bridgehead atoms. The Bertz CT molecular complexity index is 916. The molecule has 3 heteroatoms.